The zero-order valence-electron chi connectivity index (χ0n) is 27.7. The van der Waals surface area contributed by atoms with Crippen molar-refractivity contribution in [2.75, 3.05) is 0 Å². The van der Waals surface area contributed by atoms with Gasteiger partial charge in [0.1, 0.15) is 0 Å². The first-order valence-electron chi connectivity index (χ1n) is 15.8. The molecule has 0 unspecified atom stereocenters. The standard InChI is InChI=1S/C42H42O2/c1-21(2)29-13-11-23(5)37-32(17-29)25(7)15-35(37)34-19-31(20-43)39-28(10)40(42(44)41(39)27(34)9)36-16-26(8)33-18-30(22(3)4)14-12-24(6)38(33)36/h11-22H,1-10H3. The predicted molar refractivity (Wildman–Crippen MR) is 186 cm³/mol. The molecule has 0 N–H and O–H groups in total. The van der Waals surface area contributed by atoms with Crippen molar-refractivity contribution in [1.29, 1.82) is 0 Å². The highest BCUT2D eigenvalue weighted by Gasteiger charge is 2.36. The minimum atomic E-state index is 0.0128. The van der Waals surface area contributed by atoms with Gasteiger partial charge in [0.25, 0.3) is 0 Å². The molecule has 0 amide bonds. The Hall–Kier alpha value is -4.30. The fourth-order valence-corrected chi connectivity index (χ4v) is 7.41. The summed E-state index contributed by atoms with van der Waals surface area (Å²) in [5.41, 5.74) is 19.6. The van der Waals surface area contributed by atoms with Gasteiger partial charge in [0.05, 0.1) is 0 Å². The molecule has 1 aromatic rings. The number of hydrogen-bond acceptors (Lipinski definition) is 2. The monoisotopic (exact) mass is 578 g/mol. The van der Waals surface area contributed by atoms with Crippen molar-refractivity contribution in [2.24, 2.45) is 0 Å². The van der Waals surface area contributed by atoms with Crippen LogP contribution < -0.4 is 0 Å². The van der Waals surface area contributed by atoms with E-state index in [0.29, 0.717) is 23.0 Å². The number of Topliss-reactive ketones (excluding diaryl/α,β-unsaturated/α-hetero) is 1. The SMILES string of the molecule is CC1=C(c2cc(C)c3cc(C(C)C)ccc(C)c2-3)C(=O)c2c(C)c(-c3cc(C)c4cc(C(C)C)ccc(C)c3-4)cc(C=O)c21. The van der Waals surface area contributed by atoms with Crippen molar-refractivity contribution in [2.45, 2.75) is 81.1 Å². The van der Waals surface area contributed by atoms with E-state index in [-0.39, 0.29) is 5.78 Å². The van der Waals surface area contributed by atoms with Crippen molar-refractivity contribution in [3.05, 3.63) is 116 Å². The zero-order chi connectivity index (χ0) is 31.8. The van der Waals surface area contributed by atoms with Crippen molar-refractivity contribution >= 4 is 23.2 Å². The average Bonchev–Trinajstić information content (AvgIpc) is 3.43. The number of rotatable bonds is 5. The lowest BCUT2D eigenvalue weighted by Gasteiger charge is -2.15. The van der Waals surface area contributed by atoms with E-state index < -0.39 is 0 Å². The van der Waals surface area contributed by atoms with Crippen LogP contribution in [0.4, 0.5) is 0 Å². The molecule has 0 atom stereocenters. The van der Waals surface area contributed by atoms with Gasteiger partial charge >= 0.3 is 0 Å². The van der Waals surface area contributed by atoms with E-state index in [0.717, 1.165) is 61.9 Å². The molecule has 0 heterocycles. The van der Waals surface area contributed by atoms with E-state index in [9.17, 15) is 9.59 Å². The predicted octanol–water partition coefficient (Wildman–Crippen LogP) is 11.3. The third-order valence-electron chi connectivity index (χ3n) is 9.95. The molecule has 0 aliphatic heterocycles. The van der Waals surface area contributed by atoms with Gasteiger partial charge in [-0.25, -0.2) is 0 Å². The van der Waals surface area contributed by atoms with Gasteiger partial charge in [-0.3, -0.25) is 9.59 Å². The maximum absolute atomic E-state index is 14.6. The highest BCUT2D eigenvalue weighted by molar-refractivity contribution is 6.42. The number of carbonyl (C=O) groups is 2. The van der Waals surface area contributed by atoms with E-state index in [1.165, 1.54) is 38.9 Å². The average molecular weight is 579 g/mol. The van der Waals surface area contributed by atoms with Crippen LogP contribution in [0.2, 0.25) is 0 Å². The summed E-state index contributed by atoms with van der Waals surface area (Å²) in [7, 11) is 0. The van der Waals surface area contributed by atoms with Crippen molar-refractivity contribution in [3.8, 4) is 33.4 Å². The smallest absolute Gasteiger partial charge is 0.194 e. The van der Waals surface area contributed by atoms with E-state index in [2.05, 4.69) is 111 Å². The van der Waals surface area contributed by atoms with Gasteiger partial charge in [0.15, 0.2) is 12.1 Å². The molecule has 0 bridgehead atoms. The molecule has 1 aromatic carbocycles. The number of aryl methyl sites for hydroxylation is 4. The van der Waals surface area contributed by atoms with Gasteiger partial charge in [0, 0.05) is 22.3 Å². The first-order valence-corrected chi connectivity index (χ1v) is 15.8. The van der Waals surface area contributed by atoms with Gasteiger partial charge in [-0.1, -0.05) is 76.2 Å². The third kappa shape index (κ3) is 4.38. The normalized spacial score (nSPS) is 13.2. The molecule has 2 heteroatoms. The Balaban J connectivity index is 1.57. The van der Waals surface area contributed by atoms with Crippen LogP contribution in [0.3, 0.4) is 0 Å². The molecule has 0 fully saturated rings. The number of aldehydes is 1. The van der Waals surface area contributed by atoms with E-state index in [4.69, 9.17) is 0 Å². The van der Waals surface area contributed by atoms with Gasteiger partial charge in [0.2, 0.25) is 0 Å². The fraction of sp³-hybridized carbons (Fsp3) is 0.286. The van der Waals surface area contributed by atoms with Gasteiger partial charge < -0.3 is 0 Å². The molecular weight excluding hydrogens is 536 g/mol. The van der Waals surface area contributed by atoms with Crippen LogP contribution >= 0.6 is 0 Å². The minimum absolute atomic E-state index is 0.0128. The second-order valence-corrected chi connectivity index (χ2v) is 13.5. The Bertz CT molecular complexity index is 2000. The maximum atomic E-state index is 14.6. The molecule has 222 valence electrons. The van der Waals surface area contributed by atoms with E-state index in [1.54, 1.807) is 0 Å². The Morgan fingerprint density at radius 1 is 0.523 bits per heavy atom. The lowest BCUT2D eigenvalue weighted by Crippen LogP contribution is -2.05. The quantitative estimate of drug-likeness (QED) is 0.194. The number of benzene rings is 1. The molecule has 0 aromatic heterocycles. The lowest BCUT2D eigenvalue weighted by molar-refractivity contribution is 0.105. The Morgan fingerprint density at radius 2 is 1.02 bits per heavy atom. The summed E-state index contributed by atoms with van der Waals surface area (Å²) in [6.45, 7) is 21.5. The van der Waals surface area contributed by atoms with Crippen LogP contribution in [-0.4, -0.2) is 12.1 Å². The summed E-state index contributed by atoms with van der Waals surface area (Å²) in [6.07, 6.45) is 0.928. The highest BCUT2D eigenvalue weighted by Crippen LogP contribution is 2.50. The van der Waals surface area contributed by atoms with Crippen molar-refractivity contribution in [1.82, 2.24) is 0 Å². The summed E-state index contributed by atoms with van der Waals surface area (Å²) in [6, 6.07) is 19.8. The van der Waals surface area contributed by atoms with Crippen LogP contribution in [0.1, 0.15) is 117 Å². The fourth-order valence-electron chi connectivity index (χ4n) is 7.41. The second-order valence-electron chi connectivity index (χ2n) is 13.5. The third-order valence-corrected chi connectivity index (χ3v) is 9.95. The molecule has 5 aliphatic carbocycles. The molecule has 0 spiro atoms. The number of hydrogen-bond donors (Lipinski definition) is 0. The van der Waals surface area contributed by atoms with Crippen LogP contribution in [-0.2, 0) is 0 Å². The molecule has 5 aliphatic rings. The van der Waals surface area contributed by atoms with E-state index in [1.807, 2.05) is 13.0 Å². The van der Waals surface area contributed by atoms with Crippen molar-refractivity contribution in [3.63, 3.8) is 0 Å². The summed E-state index contributed by atoms with van der Waals surface area (Å²) >= 11 is 0. The highest BCUT2D eigenvalue weighted by atomic mass is 16.1. The Labute approximate surface area is 262 Å². The first-order chi connectivity index (χ1) is 20.8. The molecule has 44 heavy (non-hydrogen) atoms. The summed E-state index contributed by atoms with van der Waals surface area (Å²) < 4.78 is 0. The number of carbonyl (C=O) groups excluding carboxylic acids is 2. The van der Waals surface area contributed by atoms with E-state index >= 15 is 0 Å². The summed E-state index contributed by atoms with van der Waals surface area (Å²) in [5.74, 6) is 0.824. The van der Waals surface area contributed by atoms with Gasteiger partial charge in [-0.15, -0.1) is 0 Å². The zero-order valence-corrected chi connectivity index (χ0v) is 27.7. The summed E-state index contributed by atoms with van der Waals surface area (Å²) in [5, 5.41) is 0. The van der Waals surface area contributed by atoms with Gasteiger partial charge in [-0.05, 0) is 143 Å². The molecule has 0 saturated carbocycles. The topological polar surface area (TPSA) is 34.1 Å². The molecule has 0 radical (unpaired) electrons. The maximum Gasteiger partial charge on any atom is 0.194 e. The molecule has 0 saturated heterocycles. The largest absolute Gasteiger partial charge is 0.298 e. The van der Waals surface area contributed by atoms with Crippen LogP contribution in [0, 0.1) is 34.6 Å². The van der Waals surface area contributed by atoms with Crippen LogP contribution in [0.5, 0.6) is 0 Å². The van der Waals surface area contributed by atoms with Crippen LogP contribution in [0.15, 0.2) is 54.6 Å². The Morgan fingerprint density at radius 3 is 1.52 bits per heavy atom. The minimum Gasteiger partial charge on any atom is -0.298 e. The first kappa shape index (κ1) is 29.8. The molecule has 6 rings (SSSR count). The number of allylic oxidation sites excluding steroid dienone is 2. The molecular formula is C42H42O2. The second kappa shape index (κ2) is 10.7. The van der Waals surface area contributed by atoms with Crippen LogP contribution in [0.25, 0.3) is 44.5 Å². The number of fused-ring (bicyclic) bond motifs is 3. The molecule has 2 nitrogen and oxygen atoms in total. The summed E-state index contributed by atoms with van der Waals surface area (Å²) in [4.78, 5) is 27.4. The Kier molecular flexibility index (Phi) is 7.24. The van der Waals surface area contributed by atoms with Crippen molar-refractivity contribution < 1.29 is 9.59 Å². The van der Waals surface area contributed by atoms with Gasteiger partial charge in [-0.2, -0.15) is 0 Å². The lowest BCUT2D eigenvalue weighted by atomic mass is 9.87. The number of ketones is 1.